The number of ether oxygens (including phenoxy) is 2. The molecule has 0 amide bonds. The fourth-order valence-electron chi connectivity index (χ4n) is 6.86. The zero-order valence-corrected chi connectivity index (χ0v) is 20.5. The molecule has 33 heavy (non-hydrogen) atoms. The van der Waals surface area contributed by atoms with E-state index in [2.05, 4.69) is 32.9 Å². The number of morpholine rings is 1. The van der Waals surface area contributed by atoms with Crippen molar-refractivity contribution in [2.45, 2.75) is 57.3 Å². The van der Waals surface area contributed by atoms with E-state index in [0.29, 0.717) is 0 Å². The number of anilines is 2. The Bertz CT molecular complexity index is 780. The normalized spacial score (nSPS) is 27.3. The highest BCUT2D eigenvalue weighted by atomic mass is 16.5. The number of nitrogens with zero attached hydrogens (tertiary/aromatic N) is 3. The summed E-state index contributed by atoms with van der Waals surface area (Å²) in [5, 5.41) is 0. The van der Waals surface area contributed by atoms with Crippen molar-refractivity contribution in [3.8, 4) is 0 Å². The summed E-state index contributed by atoms with van der Waals surface area (Å²) in [4.78, 5) is 7.96. The molecular formula is C28H43N3O2. The minimum absolute atomic E-state index is 0.743. The van der Waals surface area contributed by atoms with Gasteiger partial charge in [0.05, 0.1) is 13.2 Å². The van der Waals surface area contributed by atoms with Crippen LogP contribution in [0.2, 0.25) is 0 Å². The Labute approximate surface area is 200 Å². The highest BCUT2D eigenvalue weighted by Gasteiger charge is 2.45. The largest absolute Gasteiger partial charge is 0.381 e. The first-order chi connectivity index (χ1) is 16.3. The molecule has 6 rings (SSSR count). The van der Waals surface area contributed by atoms with Gasteiger partial charge in [0, 0.05) is 70.4 Å². The molecule has 3 heterocycles. The lowest BCUT2D eigenvalue weighted by Gasteiger charge is -2.40. The van der Waals surface area contributed by atoms with E-state index in [1.807, 2.05) is 0 Å². The van der Waals surface area contributed by atoms with Crippen LogP contribution in [-0.4, -0.2) is 77.1 Å². The average Bonchev–Trinajstić information content (AvgIpc) is 3.64. The second kappa shape index (κ2) is 9.75. The van der Waals surface area contributed by atoms with Crippen LogP contribution < -0.4 is 9.80 Å². The summed E-state index contributed by atoms with van der Waals surface area (Å²) in [5.41, 5.74) is 5.36. The van der Waals surface area contributed by atoms with Gasteiger partial charge >= 0.3 is 0 Å². The third-order valence-corrected chi connectivity index (χ3v) is 9.40. The number of hydrogen-bond donors (Lipinski definition) is 0. The van der Waals surface area contributed by atoms with Crippen LogP contribution in [0.5, 0.6) is 0 Å². The first-order valence-electron chi connectivity index (χ1n) is 13.8. The van der Waals surface area contributed by atoms with Crippen molar-refractivity contribution in [2.75, 3.05) is 82.0 Å². The predicted molar refractivity (Wildman–Crippen MR) is 135 cm³/mol. The van der Waals surface area contributed by atoms with Crippen LogP contribution in [0.15, 0.2) is 18.2 Å². The van der Waals surface area contributed by atoms with E-state index in [-0.39, 0.29) is 0 Å². The molecule has 0 aromatic heterocycles. The molecule has 1 aromatic carbocycles. The maximum Gasteiger partial charge on any atom is 0.0642 e. The molecule has 5 aliphatic rings. The van der Waals surface area contributed by atoms with Crippen LogP contribution >= 0.6 is 0 Å². The third-order valence-electron chi connectivity index (χ3n) is 9.40. The van der Waals surface area contributed by atoms with E-state index in [0.717, 1.165) is 56.8 Å². The second-order valence-electron chi connectivity index (χ2n) is 11.5. The van der Waals surface area contributed by atoms with E-state index in [4.69, 9.17) is 9.47 Å². The van der Waals surface area contributed by atoms with Crippen LogP contribution in [0.1, 0.15) is 62.8 Å². The van der Waals surface area contributed by atoms with Gasteiger partial charge in [0.15, 0.2) is 0 Å². The minimum Gasteiger partial charge on any atom is -0.381 e. The minimum atomic E-state index is 0.743. The first-order valence-corrected chi connectivity index (χ1v) is 13.8. The topological polar surface area (TPSA) is 28.2 Å². The van der Waals surface area contributed by atoms with Crippen molar-refractivity contribution in [1.29, 1.82) is 0 Å². The van der Waals surface area contributed by atoms with Crippen molar-refractivity contribution in [2.24, 2.45) is 11.3 Å². The molecule has 5 fully saturated rings. The lowest BCUT2D eigenvalue weighted by Crippen LogP contribution is -2.48. The van der Waals surface area contributed by atoms with Crippen LogP contribution in [0.3, 0.4) is 0 Å². The average molecular weight is 454 g/mol. The van der Waals surface area contributed by atoms with Crippen LogP contribution in [0.4, 0.5) is 11.4 Å². The molecule has 182 valence electrons. The van der Waals surface area contributed by atoms with E-state index < -0.39 is 0 Å². The number of piperazine rings is 1. The van der Waals surface area contributed by atoms with Gasteiger partial charge in [-0.3, -0.25) is 4.90 Å². The van der Waals surface area contributed by atoms with Crippen molar-refractivity contribution in [1.82, 2.24) is 4.90 Å². The summed E-state index contributed by atoms with van der Waals surface area (Å²) in [6.45, 7) is 11.7. The molecule has 1 spiro atoms. The van der Waals surface area contributed by atoms with Crippen molar-refractivity contribution in [3.05, 3.63) is 23.8 Å². The Balaban J connectivity index is 1.16. The smallest absolute Gasteiger partial charge is 0.0642 e. The number of benzene rings is 1. The van der Waals surface area contributed by atoms with Crippen molar-refractivity contribution < 1.29 is 9.47 Å². The maximum atomic E-state index is 5.62. The number of hydrogen-bond acceptors (Lipinski definition) is 5. The van der Waals surface area contributed by atoms with E-state index >= 15 is 0 Å². The van der Waals surface area contributed by atoms with E-state index in [1.165, 1.54) is 95.5 Å². The Morgan fingerprint density at radius 2 is 1.42 bits per heavy atom. The zero-order valence-electron chi connectivity index (χ0n) is 20.5. The van der Waals surface area contributed by atoms with Gasteiger partial charge in [-0.05, 0) is 92.4 Å². The zero-order chi connectivity index (χ0) is 22.1. The molecule has 0 unspecified atom stereocenters. The lowest BCUT2D eigenvalue weighted by molar-refractivity contribution is 0.0517. The van der Waals surface area contributed by atoms with Crippen LogP contribution in [0, 0.1) is 11.3 Å². The first kappa shape index (κ1) is 22.2. The Kier molecular flexibility index (Phi) is 6.55. The van der Waals surface area contributed by atoms with Gasteiger partial charge in [0.2, 0.25) is 0 Å². The van der Waals surface area contributed by atoms with Gasteiger partial charge in [0.1, 0.15) is 0 Å². The van der Waals surface area contributed by atoms with Gasteiger partial charge in [-0.15, -0.1) is 0 Å². The monoisotopic (exact) mass is 453 g/mol. The summed E-state index contributed by atoms with van der Waals surface area (Å²) >= 11 is 0. The molecule has 3 saturated heterocycles. The van der Waals surface area contributed by atoms with Gasteiger partial charge in [0.25, 0.3) is 0 Å². The Hall–Kier alpha value is -1.30. The molecule has 2 aliphatic carbocycles. The SMILES string of the molecule is c1cc(N2CCN(CC3CCOCC3)CC2)c(C2CCC3(CC2)CC3)cc1N1CCOCC1. The summed E-state index contributed by atoms with van der Waals surface area (Å²) in [5.74, 6) is 1.58. The summed E-state index contributed by atoms with van der Waals surface area (Å²) in [6, 6.07) is 7.43. The molecule has 1 aromatic rings. The van der Waals surface area contributed by atoms with Gasteiger partial charge < -0.3 is 19.3 Å². The molecule has 3 aliphatic heterocycles. The molecule has 5 heteroatoms. The molecule has 0 N–H and O–H groups in total. The van der Waals surface area contributed by atoms with E-state index in [9.17, 15) is 0 Å². The summed E-state index contributed by atoms with van der Waals surface area (Å²) < 4.78 is 11.2. The van der Waals surface area contributed by atoms with Crippen LogP contribution in [-0.2, 0) is 9.47 Å². The molecule has 0 atom stereocenters. The summed E-state index contributed by atoms with van der Waals surface area (Å²) in [7, 11) is 0. The molecule has 5 nitrogen and oxygen atoms in total. The molecular weight excluding hydrogens is 410 g/mol. The fraction of sp³-hybridized carbons (Fsp3) is 0.786. The quantitative estimate of drug-likeness (QED) is 0.654. The van der Waals surface area contributed by atoms with Crippen molar-refractivity contribution >= 4 is 11.4 Å². The van der Waals surface area contributed by atoms with Gasteiger partial charge in [-0.2, -0.15) is 0 Å². The van der Waals surface area contributed by atoms with Gasteiger partial charge in [-0.25, -0.2) is 0 Å². The fourth-order valence-corrected chi connectivity index (χ4v) is 6.86. The van der Waals surface area contributed by atoms with Crippen molar-refractivity contribution in [3.63, 3.8) is 0 Å². The Morgan fingerprint density at radius 1 is 0.727 bits per heavy atom. The second-order valence-corrected chi connectivity index (χ2v) is 11.5. The molecule has 2 saturated carbocycles. The number of rotatable bonds is 5. The highest BCUT2D eigenvalue weighted by molar-refractivity contribution is 5.63. The highest BCUT2D eigenvalue weighted by Crippen LogP contribution is 2.59. The van der Waals surface area contributed by atoms with Gasteiger partial charge in [-0.1, -0.05) is 0 Å². The standard InChI is InChI=1S/C28H43N3O2/c1-2-27(31-13-11-29(12-14-31)22-23-5-17-32-18-6-23)26(21-25(1)30-15-19-33-20-16-30)24-3-7-28(8-4-24)9-10-28/h1-2,21,23-24H,3-20,22H2. The van der Waals surface area contributed by atoms with Crippen LogP contribution in [0.25, 0.3) is 0 Å². The summed E-state index contributed by atoms with van der Waals surface area (Å²) in [6.07, 6.45) is 11.2. The molecule has 0 radical (unpaired) electrons. The molecule has 0 bridgehead atoms. The predicted octanol–water partition coefficient (Wildman–Crippen LogP) is 4.51. The van der Waals surface area contributed by atoms with E-state index in [1.54, 1.807) is 5.56 Å². The maximum absolute atomic E-state index is 5.62. The third kappa shape index (κ3) is 5.06. The Morgan fingerprint density at radius 3 is 2.12 bits per heavy atom. The lowest BCUT2D eigenvalue weighted by atomic mass is 9.76.